The van der Waals surface area contributed by atoms with Crippen molar-refractivity contribution in [3.63, 3.8) is 0 Å². The lowest BCUT2D eigenvalue weighted by atomic mass is 9.99. The van der Waals surface area contributed by atoms with Gasteiger partial charge in [-0.25, -0.2) is 17.9 Å². The molecule has 8 nitrogen and oxygen atoms in total. The molecule has 0 bridgehead atoms. The zero-order valence-electron chi connectivity index (χ0n) is 19.3. The Morgan fingerprint density at radius 2 is 1.88 bits per heavy atom. The highest BCUT2D eigenvalue weighted by Crippen LogP contribution is 2.48. The van der Waals surface area contributed by atoms with Crippen LogP contribution in [0, 0.1) is 11.8 Å². The van der Waals surface area contributed by atoms with E-state index in [4.69, 9.17) is 9.47 Å². The predicted molar refractivity (Wildman–Crippen MR) is 120 cm³/mol. The summed E-state index contributed by atoms with van der Waals surface area (Å²) in [6, 6.07) is 6.69. The summed E-state index contributed by atoms with van der Waals surface area (Å²) in [7, 11) is -3.66. The average molecular weight is 467 g/mol. The first-order chi connectivity index (χ1) is 15.0. The fourth-order valence-corrected chi connectivity index (χ4v) is 5.12. The minimum absolute atomic E-state index is 0.0297. The van der Waals surface area contributed by atoms with Crippen LogP contribution >= 0.6 is 0 Å². The number of rotatable bonds is 7. The number of piperidine rings is 1. The minimum atomic E-state index is -3.66. The topological polar surface area (TPSA) is 102 Å². The Bertz CT molecular complexity index is 923. The quantitative estimate of drug-likeness (QED) is 0.619. The van der Waals surface area contributed by atoms with Gasteiger partial charge in [0.1, 0.15) is 5.60 Å². The van der Waals surface area contributed by atoms with Crippen molar-refractivity contribution in [1.82, 2.24) is 9.62 Å². The molecule has 0 spiro atoms. The van der Waals surface area contributed by atoms with Crippen LogP contribution in [0.2, 0.25) is 0 Å². The normalized spacial score (nSPS) is 23.5. The van der Waals surface area contributed by atoms with Crippen molar-refractivity contribution >= 4 is 22.1 Å². The molecule has 3 atom stereocenters. The highest BCUT2D eigenvalue weighted by atomic mass is 32.2. The van der Waals surface area contributed by atoms with Crippen LogP contribution in [0.5, 0.6) is 0 Å². The van der Waals surface area contributed by atoms with Gasteiger partial charge in [0.2, 0.25) is 10.0 Å². The molecule has 1 aliphatic carbocycles. The van der Waals surface area contributed by atoms with Gasteiger partial charge in [0.25, 0.3) is 0 Å². The van der Waals surface area contributed by atoms with Crippen molar-refractivity contribution < 1.29 is 27.5 Å². The summed E-state index contributed by atoms with van der Waals surface area (Å²) in [4.78, 5) is 26.0. The number of benzene rings is 1. The van der Waals surface area contributed by atoms with Gasteiger partial charge >= 0.3 is 12.1 Å². The maximum Gasteiger partial charge on any atom is 0.410 e. The summed E-state index contributed by atoms with van der Waals surface area (Å²) in [6.07, 6.45) is 2.03. The predicted octanol–water partition coefficient (Wildman–Crippen LogP) is 3.28. The van der Waals surface area contributed by atoms with E-state index in [1.54, 1.807) is 36.1 Å². The Kier molecular flexibility index (Phi) is 7.50. The van der Waals surface area contributed by atoms with E-state index in [2.05, 4.69) is 4.72 Å². The molecule has 2 aliphatic rings. The first-order valence-electron chi connectivity index (χ1n) is 11.2. The minimum Gasteiger partial charge on any atom is -0.466 e. The molecule has 32 heavy (non-hydrogen) atoms. The maximum absolute atomic E-state index is 12.7. The number of nitrogens with one attached hydrogen (secondary N) is 1. The first kappa shape index (κ1) is 24.5. The van der Waals surface area contributed by atoms with Crippen LogP contribution in [0.3, 0.4) is 0 Å². The lowest BCUT2D eigenvalue weighted by molar-refractivity contribution is -0.144. The third kappa shape index (κ3) is 6.45. The third-order valence-electron chi connectivity index (χ3n) is 5.73. The van der Waals surface area contributed by atoms with E-state index >= 15 is 0 Å². The molecule has 1 N–H and O–H groups in total. The number of carbonyl (C=O) groups is 2. The molecule has 0 unspecified atom stereocenters. The number of hydrogen-bond acceptors (Lipinski definition) is 6. The molecular weight excluding hydrogens is 432 g/mol. The molecular formula is C23H34N2O6S. The van der Waals surface area contributed by atoms with E-state index in [0.717, 1.165) is 24.8 Å². The van der Waals surface area contributed by atoms with E-state index in [0.29, 0.717) is 19.7 Å². The number of sulfonamides is 1. The standard InChI is InChI=1S/C23H34N2O6S/c1-5-30-21(26)20-13-19(20)17-8-10-18(11-9-17)32(28,29)24-14-16-7-6-12-25(15-16)22(27)31-23(2,3)4/h8-11,16,19-20,24H,5-7,12-15H2,1-4H3/t16-,19+,20-/m1/s1. The highest BCUT2D eigenvalue weighted by molar-refractivity contribution is 7.89. The van der Waals surface area contributed by atoms with Crippen LogP contribution < -0.4 is 4.72 Å². The van der Waals surface area contributed by atoms with Gasteiger partial charge in [0.05, 0.1) is 17.4 Å². The monoisotopic (exact) mass is 466 g/mol. The van der Waals surface area contributed by atoms with Gasteiger partial charge in [0.15, 0.2) is 0 Å². The van der Waals surface area contributed by atoms with Crippen LogP contribution in [-0.4, -0.2) is 57.2 Å². The summed E-state index contributed by atoms with van der Waals surface area (Å²) >= 11 is 0. The smallest absolute Gasteiger partial charge is 0.410 e. The average Bonchev–Trinajstić information content (AvgIpc) is 3.53. The number of likely N-dealkylation sites (tertiary alicyclic amines) is 1. The van der Waals surface area contributed by atoms with Crippen LogP contribution in [-0.2, 0) is 24.3 Å². The van der Waals surface area contributed by atoms with E-state index in [9.17, 15) is 18.0 Å². The summed E-state index contributed by atoms with van der Waals surface area (Å²) in [5.74, 6) is -0.194. The molecule has 178 valence electrons. The van der Waals surface area contributed by atoms with Crippen molar-refractivity contribution in [1.29, 1.82) is 0 Å². The summed E-state index contributed by atoms with van der Waals surface area (Å²) in [5, 5.41) is 0. The molecule has 1 aromatic carbocycles. The number of carbonyl (C=O) groups excluding carboxylic acids is 2. The molecule has 9 heteroatoms. The van der Waals surface area contributed by atoms with Crippen LogP contribution in [0.25, 0.3) is 0 Å². The van der Waals surface area contributed by atoms with Crippen LogP contribution in [0.4, 0.5) is 4.79 Å². The van der Waals surface area contributed by atoms with Gasteiger partial charge in [-0.1, -0.05) is 12.1 Å². The summed E-state index contributed by atoms with van der Waals surface area (Å²) < 4.78 is 38.6. The zero-order valence-corrected chi connectivity index (χ0v) is 20.1. The Balaban J connectivity index is 1.53. The van der Waals surface area contributed by atoms with Gasteiger partial charge in [-0.2, -0.15) is 0 Å². The molecule has 1 aliphatic heterocycles. The maximum atomic E-state index is 12.7. The molecule has 1 aromatic rings. The third-order valence-corrected chi connectivity index (χ3v) is 7.17. The molecule has 1 saturated heterocycles. The molecule has 0 radical (unpaired) electrons. The Morgan fingerprint density at radius 1 is 1.19 bits per heavy atom. The second-order valence-electron chi connectivity index (χ2n) is 9.56. The molecule has 3 rings (SSSR count). The second-order valence-corrected chi connectivity index (χ2v) is 11.3. The van der Waals surface area contributed by atoms with Gasteiger partial charge in [-0.3, -0.25) is 4.79 Å². The highest BCUT2D eigenvalue weighted by Gasteiger charge is 2.45. The first-order valence-corrected chi connectivity index (χ1v) is 12.7. The number of esters is 1. The second kappa shape index (κ2) is 9.79. The SMILES string of the molecule is CCOC(=O)[C@@H]1C[C@H]1c1ccc(S(=O)(=O)NC[C@H]2CCCN(C(=O)OC(C)(C)C)C2)cc1. The number of ether oxygens (including phenoxy) is 2. The number of amides is 1. The molecule has 1 saturated carbocycles. The van der Waals surface area contributed by atoms with Crippen LogP contribution in [0.1, 0.15) is 58.4 Å². The van der Waals surface area contributed by atoms with E-state index in [1.165, 1.54) is 0 Å². The van der Waals surface area contributed by atoms with E-state index in [-0.39, 0.29) is 41.3 Å². The van der Waals surface area contributed by atoms with Crippen molar-refractivity contribution in [2.75, 3.05) is 26.2 Å². The van der Waals surface area contributed by atoms with Crippen molar-refractivity contribution in [3.8, 4) is 0 Å². The Hall–Kier alpha value is -2.13. The molecule has 1 amide bonds. The lowest BCUT2D eigenvalue weighted by Gasteiger charge is -2.34. The fourth-order valence-electron chi connectivity index (χ4n) is 4.00. The number of nitrogens with zero attached hydrogens (tertiary/aromatic N) is 1. The lowest BCUT2D eigenvalue weighted by Crippen LogP contribution is -2.45. The van der Waals surface area contributed by atoms with Crippen molar-refractivity contribution in [3.05, 3.63) is 29.8 Å². The molecule has 2 fully saturated rings. The van der Waals surface area contributed by atoms with Crippen molar-refractivity contribution in [2.45, 2.75) is 63.4 Å². The van der Waals surface area contributed by atoms with E-state index < -0.39 is 15.6 Å². The molecule has 1 heterocycles. The molecule has 0 aromatic heterocycles. The van der Waals surface area contributed by atoms with Crippen LogP contribution in [0.15, 0.2) is 29.2 Å². The van der Waals surface area contributed by atoms with Gasteiger partial charge in [-0.15, -0.1) is 0 Å². The van der Waals surface area contributed by atoms with Gasteiger partial charge in [0, 0.05) is 19.6 Å². The van der Waals surface area contributed by atoms with Gasteiger partial charge in [-0.05, 0) is 76.5 Å². The van der Waals surface area contributed by atoms with Gasteiger partial charge < -0.3 is 14.4 Å². The Labute approximate surface area is 190 Å². The zero-order chi connectivity index (χ0) is 23.5. The largest absolute Gasteiger partial charge is 0.466 e. The summed E-state index contributed by atoms with van der Waals surface area (Å²) in [6.45, 7) is 8.97. The number of hydrogen-bond donors (Lipinski definition) is 1. The summed E-state index contributed by atoms with van der Waals surface area (Å²) in [5.41, 5.74) is 0.386. The fraction of sp³-hybridized carbons (Fsp3) is 0.652. The van der Waals surface area contributed by atoms with E-state index in [1.807, 2.05) is 20.8 Å². The van der Waals surface area contributed by atoms with Crippen molar-refractivity contribution in [2.24, 2.45) is 11.8 Å². The Morgan fingerprint density at radius 3 is 2.50 bits per heavy atom.